The third-order valence-electron chi connectivity index (χ3n) is 4.50. The van der Waals surface area contributed by atoms with Crippen LogP contribution in [0.4, 0.5) is 0 Å². The minimum Gasteiger partial charge on any atom is -0.495 e. The number of carbonyl (C=O) groups is 2. The van der Waals surface area contributed by atoms with Crippen LogP contribution in [-0.4, -0.2) is 28.7 Å². The summed E-state index contributed by atoms with van der Waals surface area (Å²) in [4.78, 5) is 26.0. The highest BCUT2D eigenvalue weighted by Crippen LogP contribution is 2.38. The number of nitrogens with zero attached hydrogens (tertiary/aromatic N) is 1. The maximum Gasteiger partial charge on any atom is 0.228 e. The Morgan fingerprint density at radius 1 is 1.23 bits per heavy atom. The molecule has 1 fully saturated rings. The Bertz CT molecular complexity index is 594. The minimum absolute atomic E-state index is 0.0263. The van der Waals surface area contributed by atoms with Gasteiger partial charge in [-0.2, -0.15) is 0 Å². The number of ketones is 1. The first-order chi connectivity index (χ1) is 10.6. The van der Waals surface area contributed by atoms with Gasteiger partial charge in [0.1, 0.15) is 6.10 Å². The predicted molar refractivity (Wildman–Crippen MR) is 82.7 cm³/mol. The van der Waals surface area contributed by atoms with Crippen molar-refractivity contribution in [3.63, 3.8) is 0 Å². The summed E-state index contributed by atoms with van der Waals surface area (Å²) in [5.74, 6) is 0.411. The molecule has 116 valence electrons. The Morgan fingerprint density at radius 3 is 2.59 bits per heavy atom. The largest absolute Gasteiger partial charge is 0.495 e. The number of allylic oxidation sites excluding steroid dienone is 1. The van der Waals surface area contributed by atoms with Crippen molar-refractivity contribution in [3.05, 3.63) is 48.2 Å². The molecule has 22 heavy (non-hydrogen) atoms. The van der Waals surface area contributed by atoms with E-state index in [2.05, 4.69) is 13.8 Å². The Hall–Kier alpha value is -2.10. The van der Waals surface area contributed by atoms with Gasteiger partial charge in [0.25, 0.3) is 0 Å². The predicted octanol–water partition coefficient (Wildman–Crippen LogP) is 2.54. The van der Waals surface area contributed by atoms with Crippen LogP contribution in [0.3, 0.4) is 0 Å². The molecule has 1 saturated heterocycles. The summed E-state index contributed by atoms with van der Waals surface area (Å²) >= 11 is 0. The van der Waals surface area contributed by atoms with Crippen LogP contribution in [0.25, 0.3) is 0 Å². The molecule has 4 heteroatoms. The van der Waals surface area contributed by atoms with Gasteiger partial charge in [0.2, 0.25) is 5.91 Å². The normalized spacial score (nSPS) is 27.8. The first kappa shape index (κ1) is 14.8. The minimum atomic E-state index is -0.230. The standard InChI is InChI=1S/C18H21NO3/c1-12(2)16-17(15-10-14(20)8-9-22-15)19(18(16)21)11-13-6-4-3-5-7-13/h3-9,12,15-17H,10-11H2,1-2H3/t15-,16+,17+/m1/s1. The summed E-state index contributed by atoms with van der Waals surface area (Å²) in [6.07, 6.45) is 3.05. The van der Waals surface area contributed by atoms with Crippen LogP contribution in [0.5, 0.6) is 0 Å². The molecule has 0 spiro atoms. The van der Waals surface area contributed by atoms with Gasteiger partial charge in [-0.3, -0.25) is 9.59 Å². The lowest BCUT2D eigenvalue weighted by Gasteiger charge is -2.52. The molecule has 0 N–H and O–H groups in total. The fraction of sp³-hybridized carbons (Fsp3) is 0.444. The summed E-state index contributed by atoms with van der Waals surface area (Å²) < 4.78 is 5.65. The quantitative estimate of drug-likeness (QED) is 0.803. The molecular weight excluding hydrogens is 278 g/mol. The average Bonchev–Trinajstić information content (AvgIpc) is 2.50. The molecule has 4 nitrogen and oxygen atoms in total. The van der Waals surface area contributed by atoms with Crippen LogP contribution in [0.15, 0.2) is 42.7 Å². The van der Waals surface area contributed by atoms with E-state index in [0.29, 0.717) is 13.0 Å². The number of benzene rings is 1. The average molecular weight is 299 g/mol. The Morgan fingerprint density at radius 2 is 1.95 bits per heavy atom. The second kappa shape index (κ2) is 5.95. The SMILES string of the molecule is CC(C)[C@@H]1C(=O)N(Cc2ccccc2)[C@H]1[C@H]1CC(=O)C=CO1. The number of rotatable bonds is 4. The van der Waals surface area contributed by atoms with Crippen LogP contribution in [0, 0.1) is 11.8 Å². The van der Waals surface area contributed by atoms with Gasteiger partial charge in [-0.1, -0.05) is 44.2 Å². The number of β-lactam (4-membered cyclic amide) rings is 1. The van der Waals surface area contributed by atoms with E-state index in [-0.39, 0.29) is 35.7 Å². The summed E-state index contributed by atoms with van der Waals surface area (Å²) in [7, 11) is 0. The molecule has 2 aliphatic heterocycles. The van der Waals surface area contributed by atoms with Crippen molar-refractivity contribution in [1.29, 1.82) is 0 Å². The fourth-order valence-electron chi connectivity index (χ4n) is 3.40. The molecule has 0 saturated carbocycles. The lowest BCUT2D eigenvalue weighted by Crippen LogP contribution is -2.67. The van der Waals surface area contributed by atoms with Gasteiger partial charge in [0.05, 0.1) is 18.2 Å². The monoisotopic (exact) mass is 299 g/mol. The number of hydrogen-bond donors (Lipinski definition) is 0. The topological polar surface area (TPSA) is 46.6 Å². The highest BCUT2D eigenvalue weighted by molar-refractivity contribution is 5.91. The van der Waals surface area contributed by atoms with E-state index in [9.17, 15) is 9.59 Å². The first-order valence-corrected chi connectivity index (χ1v) is 7.77. The molecule has 3 rings (SSSR count). The molecule has 0 aromatic heterocycles. The van der Waals surface area contributed by atoms with E-state index < -0.39 is 0 Å². The van der Waals surface area contributed by atoms with Crippen LogP contribution in [-0.2, 0) is 20.9 Å². The van der Waals surface area contributed by atoms with Crippen molar-refractivity contribution in [2.75, 3.05) is 0 Å². The van der Waals surface area contributed by atoms with Gasteiger partial charge < -0.3 is 9.64 Å². The molecule has 1 aromatic rings. The molecule has 1 amide bonds. The van der Waals surface area contributed by atoms with Gasteiger partial charge >= 0.3 is 0 Å². The molecule has 0 aliphatic carbocycles. The van der Waals surface area contributed by atoms with Crippen molar-refractivity contribution in [2.24, 2.45) is 11.8 Å². The van der Waals surface area contributed by atoms with Crippen molar-refractivity contribution < 1.29 is 14.3 Å². The highest BCUT2D eigenvalue weighted by Gasteiger charge is 2.53. The maximum atomic E-state index is 12.5. The summed E-state index contributed by atoms with van der Waals surface area (Å²) in [5.41, 5.74) is 1.10. The molecule has 2 heterocycles. The first-order valence-electron chi connectivity index (χ1n) is 7.77. The molecule has 0 radical (unpaired) electrons. The molecular formula is C18H21NO3. The molecule has 0 unspecified atom stereocenters. The Kier molecular flexibility index (Phi) is 4.01. The zero-order valence-electron chi connectivity index (χ0n) is 12.9. The number of carbonyl (C=O) groups excluding carboxylic acids is 2. The lowest BCUT2D eigenvalue weighted by atomic mass is 9.74. The third kappa shape index (κ3) is 2.65. The molecule has 2 aliphatic rings. The van der Waals surface area contributed by atoms with Gasteiger partial charge in [-0.15, -0.1) is 0 Å². The number of ether oxygens (including phenoxy) is 1. The summed E-state index contributed by atoms with van der Waals surface area (Å²) in [6, 6.07) is 9.90. The van der Waals surface area contributed by atoms with Crippen molar-refractivity contribution in [2.45, 2.75) is 39.0 Å². The van der Waals surface area contributed by atoms with Gasteiger partial charge in [-0.25, -0.2) is 0 Å². The molecule has 1 aromatic carbocycles. The number of hydrogen-bond acceptors (Lipinski definition) is 3. The van der Waals surface area contributed by atoms with Gasteiger partial charge in [-0.05, 0) is 11.5 Å². The zero-order chi connectivity index (χ0) is 15.7. The van der Waals surface area contributed by atoms with Crippen LogP contribution in [0.1, 0.15) is 25.8 Å². The Labute approximate surface area is 130 Å². The number of amides is 1. The van der Waals surface area contributed by atoms with Crippen LogP contribution >= 0.6 is 0 Å². The lowest BCUT2D eigenvalue weighted by molar-refractivity contribution is -0.172. The van der Waals surface area contributed by atoms with Crippen LogP contribution < -0.4 is 0 Å². The molecule has 3 atom stereocenters. The van der Waals surface area contributed by atoms with Crippen molar-refractivity contribution in [3.8, 4) is 0 Å². The zero-order valence-corrected chi connectivity index (χ0v) is 12.9. The van der Waals surface area contributed by atoms with E-state index in [4.69, 9.17) is 4.74 Å². The summed E-state index contributed by atoms with van der Waals surface area (Å²) in [5, 5.41) is 0. The summed E-state index contributed by atoms with van der Waals surface area (Å²) in [6.45, 7) is 4.68. The molecule has 0 bridgehead atoms. The second-order valence-electron chi connectivity index (χ2n) is 6.36. The van der Waals surface area contributed by atoms with E-state index in [1.54, 1.807) is 0 Å². The van der Waals surface area contributed by atoms with E-state index >= 15 is 0 Å². The van der Waals surface area contributed by atoms with Crippen LogP contribution in [0.2, 0.25) is 0 Å². The third-order valence-corrected chi connectivity index (χ3v) is 4.50. The van der Waals surface area contributed by atoms with Crippen molar-refractivity contribution in [1.82, 2.24) is 4.90 Å². The highest BCUT2D eigenvalue weighted by atomic mass is 16.5. The van der Waals surface area contributed by atoms with E-state index in [0.717, 1.165) is 5.56 Å². The smallest absolute Gasteiger partial charge is 0.228 e. The fourth-order valence-corrected chi connectivity index (χ4v) is 3.40. The number of likely N-dealkylation sites (tertiary alicyclic amines) is 1. The Balaban J connectivity index is 1.80. The van der Waals surface area contributed by atoms with Crippen molar-refractivity contribution >= 4 is 11.7 Å². The maximum absolute atomic E-state index is 12.5. The second-order valence-corrected chi connectivity index (χ2v) is 6.36. The van der Waals surface area contributed by atoms with Gasteiger partial charge in [0, 0.05) is 19.0 Å². The van der Waals surface area contributed by atoms with E-state index in [1.807, 2.05) is 35.2 Å². The van der Waals surface area contributed by atoms with Gasteiger partial charge in [0.15, 0.2) is 5.78 Å². The van der Waals surface area contributed by atoms with E-state index in [1.165, 1.54) is 12.3 Å².